The third kappa shape index (κ3) is 3.55. The van der Waals surface area contributed by atoms with Gasteiger partial charge in [-0.2, -0.15) is 0 Å². The molecule has 146 valence electrons. The summed E-state index contributed by atoms with van der Waals surface area (Å²) in [7, 11) is 0. The SMILES string of the molecule is Cc1ccc(NC(=O)C(C)N2C(=O)C(C)(C)Oc3ccc(C(=O)O)cc32)cc1. The summed E-state index contributed by atoms with van der Waals surface area (Å²) in [6.07, 6.45) is 0. The average Bonchev–Trinajstić information content (AvgIpc) is 2.63. The Morgan fingerprint density at radius 3 is 2.39 bits per heavy atom. The molecule has 0 fully saturated rings. The zero-order valence-corrected chi connectivity index (χ0v) is 16.1. The highest BCUT2D eigenvalue weighted by atomic mass is 16.5. The van der Waals surface area contributed by atoms with Gasteiger partial charge in [0, 0.05) is 5.69 Å². The van der Waals surface area contributed by atoms with E-state index in [1.807, 2.05) is 19.1 Å². The largest absolute Gasteiger partial charge is 0.478 e. The Morgan fingerprint density at radius 1 is 1.14 bits per heavy atom. The Labute approximate surface area is 162 Å². The van der Waals surface area contributed by atoms with E-state index >= 15 is 0 Å². The van der Waals surface area contributed by atoms with E-state index in [-0.39, 0.29) is 17.2 Å². The van der Waals surface area contributed by atoms with Gasteiger partial charge in [0.2, 0.25) is 5.91 Å². The predicted molar refractivity (Wildman–Crippen MR) is 105 cm³/mol. The maximum absolute atomic E-state index is 13.0. The molecule has 0 aliphatic carbocycles. The number of aryl methyl sites for hydroxylation is 1. The van der Waals surface area contributed by atoms with Crippen LogP contribution in [0.1, 0.15) is 36.7 Å². The molecule has 1 atom stereocenters. The summed E-state index contributed by atoms with van der Waals surface area (Å²) in [6.45, 7) is 6.77. The molecule has 0 aromatic heterocycles. The molecule has 2 amide bonds. The van der Waals surface area contributed by atoms with Crippen molar-refractivity contribution >= 4 is 29.2 Å². The number of rotatable bonds is 4. The minimum atomic E-state index is -1.18. The van der Waals surface area contributed by atoms with Crippen LogP contribution in [0.5, 0.6) is 5.75 Å². The van der Waals surface area contributed by atoms with E-state index in [9.17, 15) is 19.5 Å². The first kappa shape index (κ1) is 19.4. The zero-order chi connectivity index (χ0) is 20.6. The van der Waals surface area contributed by atoms with Gasteiger partial charge >= 0.3 is 5.97 Å². The number of carboxylic acids is 1. The number of hydrogen-bond donors (Lipinski definition) is 2. The van der Waals surface area contributed by atoms with Gasteiger partial charge in [-0.3, -0.25) is 14.5 Å². The molecule has 2 aromatic carbocycles. The van der Waals surface area contributed by atoms with E-state index in [0.29, 0.717) is 11.4 Å². The quantitative estimate of drug-likeness (QED) is 0.846. The number of carbonyl (C=O) groups excluding carboxylic acids is 2. The molecule has 0 spiro atoms. The highest BCUT2D eigenvalue weighted by Gasteiger charge is 2.44. The van der Waals surface area contributed by atoms with Crippen molar-refractivity contribution in [3.8, 4) is 5.75 Å². The Hall–Kier alpha value is -3.35. The van der Waals surface area contributed by atoms with Crippen LogP contribution in [0.25, 0.3) is 0 Å². The third-order valence-electron chi connectivity index (χ3n) is 4.65. The summed E-state index contributed by atoms with van der Waals surface area (Å²) >= 11 is 0. The fourth-order valence-corrected chi connectivity index (χ4v) is 3.03. The lowest BCUT2D eigenvalue weighted by Gasteiger charge is -2.41. The first-order valence-electron chi connectivity index (χ1n) is 8.88. The van der Waals surface area contributed by atoms with Crippen molar-refractivity contribution in [3.05, 3.63) is 53.6 Å². The first-order chi connectivity index (χ1) is 13.1. The molecule has 1 unspecified atom stereocenters. The summed E-state index contributed by atoms with van der Waals surface area (Å²) in [4.78, 5) is 38.5. The van der Waals surface area contributed by atoms with Gasteiger partial charge in [0.05, 0.1) is 11.3 Å². The van der Waals surface area contributed by atoms with Crippen LogP contribution in [0.4, 0.5) is 11.4 Å². The lowest BCUT2D eigenvalue weighted by molar-refractivity contribution is -0.134. The Kier molecular flexibility index (Phi) is 4.85. The molecule has 1 aliphatic heterocycles. The van der Waals surface area contributed by atoms with Crippen molar-refractivity contribution in [1.29, 1.82) is 0 Å². The first-order valence-corrected chi connectivity index (χ1v) is 8.88. The molecule has 2 N–H and O–H groups in total. The van der Waals surface area contributed by atoms with Crippen LogP contribution in [0.3, 0.4) is 0 Å². The summed E-state index contributed by atoms with van der Waals surface area (Å²) in [6, 6.07) is 10.7. The number of nitrogens with zero attached hydrogens (tertiary/aromatic N) is 1. The normalized spacial score (nSPS) is 16.0. The maximum Gasteiger partial charge on any atom is 0.335 e. The van der Waals surface area contributed by atoms with E-state index < -0.39 is 23.5 Å². The minimum Gasteiger partial charge on any atom is -0.478 e. The molecular weight excluding hydrogens is 360 g/mol. The highest BCUT2D eigenvalue weighted by molar-refractivity contribution is 6.10. The molecule has 7 heteroatoms. The highest BCUT2D eigenvalue weighted by Crippen LogP contribution is 2.39. The van der Waals surface area contributed by atoms with Crippen LogP contribution in [-0.2, 0) is 9.59 Å². The lowest BCUT2D eigenvalue weighted by atomic mass is 10.0. The number of amides is 2. The van der Waals surface area contributed by atoms with Gasteiger partial charge in [0.25, 0.3) is 5.91 Å². The smallest absolute Gasteiger partial charge is 0.335 e. The van der Waals surface area contributed by atoms with Gasteiger partial charge in [-0.15, -0.1) is 0 Å². The number of anilines is 2. The number of carbonyl (C=O) groups is 3. The van der Waals surface area contributed by atoms with Gasteiger partial charge in [-0.25, -0.2) is 4.79 Å². The molecule has 0 saturated carbocycles. The molecule has 2 aromatic rings. The van der Waals surface area contributed by atoms with Crippen molar-refractivity contribution in [2.24, 2.45) is 0 Å². The second kappa shape index (κ2) is 6.99. The molecule has 3 rings (SSSR count). The van der Waals surface area contributed by atoms with Crippen LogP contribution in [0, 0.1) is 6.92 Å². The standard InChI is InChI=1S/C21H22N2O5/c1-12-5-8-15(9-6-12)22-18(24)13(2)23-16-11-14(19(25)26)7-10-17(16)28-21(3,4)20(23)27/h5-11,13H,1-4H3,(H,22,24)(H,25,26). The van der Waals surface area contributed by atoms with E-state index in [4.69, 9.17) is 4.74 Å². The summed E-state index contributed by atoms with van der Waals surface area (Å²) in [5.41, 5.74) is 0.755. The number of nitrogens with one attached hydrogen (secondary N) is 1. The van der Waals surface area contributed by atoms with Crippen LogP contribution in [0.15, 0.2) is 42.5 Å². The zero-order valence-electron chi connectivity index (χ0n) is 16.1. The second-order valence-corrected chi connectivity index (χ2v) is 7.31. The molecular formula is C21H22N2O5. The van der Waals surface area contributed by atoms with Crippen LogP contribution in [0.2, 0.25) is 0 Å². The second-order valence-electron chi connectivity index (χ2n) is 7.31. The molecule has 0 saturated heterocycles. The number of benzene rings is 2. The number of aromatic carboxylic acids is 1. The van der Waals surface area contributed by atoms with Gasteiger partial charge in [-0.1, -0.05) is 17.7 Å². The molecule has 1 aliphatic rings. The van der Waals surface area contributed by atoms with Crippen molar-refractivity contribution in [2.75, 3.05) is 10.2 Å². The van der Waals surface area contributed by atoms with E-state index in [1.54, 1.807) is 32.9 Å². The molecule has 0 radical (unpaired) electrons. The van der Waals surface area contributed by atoms with Gasteiger partial charge in [-0.05, 0) is 58.0 Å². The lowest BCUT2D eigenvalue weighted by Crippen LogP contribution is -2.58. The summed E-state index contributed by atoms with van der Waals surface area (Å²) in [5, 5.41) is 12.1. The molecule has 28 heavy (non-hydrogen) atoms. The average molecular weight is 382 g/mol. The van der Waals surface area contributed by atoms with Gasteiger partial charge in [0.15, 0.2) is 5.60 Å². The van der Waals surface area contributed by atoms with Crippen LogP contribution < -0.4 is 15.0 Å². The molecule has 7 nitrogen and oxygen atoms in total. The van der Waals surface area contributed by atoms with E-state index in [2.05, 4.69) is 5.32 Å². The fourth-order valence-electron chi connectivity index (χ4n) is 3.03. The number of hydrogen-bond acceptors (Lipinski definition) is 4. The Balaban J connectivity index is 1.97. The Morgan fingerprint density at radius 2 is 1.79 bits per heavy atom. The topological polar surface area (TPSA) is 95.9 Å². The van der Waals surface area contributed by atoms with Crippen molar-refractivity contribution in [3.63, 3.8) is 0 Å². The predicted octanol–water partition coefficient (Wildman–Crippen LogP) is 3.22. The summed E-state index contributed by atoms with van der Waals surface area (Å²) < 4.78 is 5.74. The van der Waals surface area contributed by atoms with Gasteiger partial charge < -0.3 is 15.2 Å². The maximum atomic E-state index is 13.0. The van der Waals surface area contributed by atoms with Crippen LogP contribution in [-0.4, -0.2) is 34.5 Å². The minimum absolute atomic E-state index is 0.00555. The Bertz CT molecular complexity index is 950. The number of fused-ring (bicyclic) bond motifs is 1. The van der Waals surface area contributed by atoms with Crippen LogP contribution >= 0.6 is 0 Å². The van der Waals surface area contributed by atoms with E-state index in [1.165, 1.54) is 23.1 Å². The van der Waals surface area contributed by atoms with Crippen molar-refractivity contribution < 1.29 is 24.2 Å². The third-order valence-corrected chi connectivity index (χ3v) is 4.65. The number of carboxylic acid groups (broad SMARTS) is 1. The number of ether oxygens (including phenoxy) is 1. The molecule has 1 heterocycles. The van der Waals surface area contributed by atoms with Crippen molar-refractivity contribution in [1.82, 2.24) is 0 Å². The molecule has 0 bridgehead atoms. The fraction of sp³-hybridized carbons (Fsp3) is 0.286. The van der Waals surface area contributed by atoms with E-state index in [0.717, 1.165) is 5.56 Å². The monoisotopic (exact) mass is 382 g/mol. The summed E-state index contributed by atoms with van der Waals surface area (Å²) in [5.74, 6) is -1.59. The van der Waals surface area contributed by atoms with Crippen molar-refractivity contribution in [2.45, 2.75) is 39.3 Å². The van der Waals surface area contributed by atoms with Gasteiger partial charge in [0.1, 0.15) is 11.8 Å².